The molecule has 1 saturated heterocycles. The molecule has 0 unspecified atom stereocenters. The first-order valence-electron chi connectivity index (χ1n) is 7.13. The molecule has 0 aliphatic carbocycles. The average Bonchev–Trinajstić information content (AvgIpc) is 2.66. The van der Waals surface area contributed by atoms with Gasteiger partial charge >= 0.3 is 12.1 Å². The van der Waals surface area contributed by atoms with E-state index in [0.29, 0.717) is 19.6 Å². The first-order chi connectivity index (χ1) is 10.2. The summed E-state index contributed by atoms with van der Waals surface area (Å²) in [5.74, 6) is -1.04. The van der Waals surface area contributed by atoms with Gasteiger partial charge in [-0.05, 0) is 26.8 Å². The topological polar surface area (TPSA) is 96.7 Å². The van der Waals surface area contributed by atoms with Crippen molar-refractivity contribution < 1.29 is 19.4 Å². The van der Waals surface area contributed by atoms with Crippen LogP contribution >= 0.6 is 0 Å². The van der Waals surface area contributed by atoms with Crippen LogP contribution in [0.3, 0.4) is 0 Å². The summed E-state index contributed by atoms with van der Waals surface area (Å²) < 4.78 is 6.82. The molecule has 122 valence electrons. The fraction of sp³-hybridized carbons (Fsp3) is 0.643. The van der Waals surface area contributed by atoms with Crippen LogP contribution < -0.4 is 5.32 Å². The molecule has 2 rings (SSSR count). The highest BCUT2D eigenvalue weighted by atomic mass is 16.6. The van der Waals surface area contributed by atoms with E-state index >= 15 is 0 Å². The van der Waals surface area contributed by atoms with Gasteiger partial charge in [-0.1, -0.05) is 0 Å². The van der Waals surface area contributed by atoms with Crippen molar-refractivity contribution in [2.45, 2.75) is 39.0 Å². The average molecular weight is 310 g/mol. The summed E-state index contributed by atoms with van der Waals surface area (Å²) in [5, 5.41) is 16.1. The van der Waals surface area contributed by atoms with E-state index in [4.69, 9.17) is 9.84 Å². The minimum absolute atomic E-state index is 0.0308. The molecule has 0 atom stereocenters. The van der Waals surface area contributed by atoms with Crippen molar-refractivity contribution in [2.24, 2.45) is 7.05 Å². The summed E-state index contributed by atoms with van der Waals surface area (Å²) in [6.07, 6.45) is -0.306. The normalized spacial score (nSPS) is 15.5. The van der Waals surface area contributed by atoms with E-state index in [1.54, 1.807) is 22.7 Å². The second-order valence-corrected chi connectivity index (χ2v) is 6.41. The third-order valence-corrected chi connectivity index (χ3v) is 3.30. The molecule has 0 bridgehead atoms. The number of hydrogen-bond donors (Lipinski definition) is 2. The predicted octanol–water partition coefficient (Wildman–Crippen LogP) is 0.827. The van der Waals surface area contributed by atoms with Gasteiger partial charge in [0.25, 0.3) is 0 Å². The Labute approximate surface area is 129 Å². The number of nitrogens with one attached hydrogen (secondary N) is 1. The van der Waals surface area contributed by atoms with Gasteiger partial charge in [-0.25, -0.2) is 9.59 Å². The molecule has 1 aliphatic rings. The Morgan fingerprint density at radius 3 is 2.59 bits per heavy atom. The molecule has 1 fully saturated rings. The Morgan fingerprint density at radius 2 is 2.09 bits per heavy atom. The lowest BCUT2D eigenvalue weighted by atomic mass is 10.1. The van der Waals surface area contributed by atoms with Crippen molar-refractivity contribution in [1.29, 1.82) is 0 Å². The lowest BCUT2D eigenvalue weighted by Crippen LogP contribution is -2.60. The second-order valence-electron chi connectivity index (χ2n) is 6.41. The molecule has 22 heavy (non-hydrogen) atoms. The number of nitrogens with zero attached hydrogens (tertiary/aromatic N) is 3. The van der Waals surface area contributed by atoms with E-state index in [1.807, 2.05) is 20.8 Å². The van der Waals surface area contributed by atoms with E-state index in [1.165, 1.54) is 0 Å². The van der Waals surface area contributed by atoms with E-state index in [9.17, 15) is 9.59 Å². The van der Waals surface area contributed by atoms with Crippen LogP contribution in [0.5, 0.6) is 0 Å². The van der Waals surface area contributed by atoms with Crippen LogP contribution in [-0.2, 0) is 18.3 Å². The molecule has 1 amide bonds. The molecule has 0 saturated carbocycles. The quantitative estimate of drug-likeness (QED) is 0.855. The summed E-state index contributed by atoms with van der Waals surface area (Å²) in [5.41, 5.74) is 0.328. The van der Waals surface area contributed by atoms with Crippen LogP contribution in [0.1, 0.15) is 37.0 Å². The van der Waals surface area contributed by atoms with Crippen molar-refractivity contribution in [1.82, 2.24) is 20.0 Å². The maximum atomic E-state index is 11.8. The molecule has 0 aromatic carbocycles. The fourth-order valence-corrected chi connectivity index (χ4v) is 2.11. The molecule has 8 nitrogen and oxygen atoms in total. The molecule has 1 aromatic rings. The van der Waals surface area contributed by atoms with Gasteiger partial charge in [0.05, 0.1) is 5.69 Å². The Hall–Kier alpha value is -2.09. The van der Waals surface area contributed by atoms with E-state index < -0.39 is 11.6 Å². The fourth-order valence-electron chi connectivity index (χ4n) is 2.11. The van der Waals surface area contributed by atoms with E-state index in [-0.39, 0.29) is 17.8 Å². The molecular formula is C14H22N4O4. The number of carbonyl (C=O) groups is 2. The highest BCUT2D eigenvalue weighted by Gasteiger charge is 2.33. The highest BCUT2D eigenvalue weighted by molar-refractivity contribution is 5.85. The number of carboxylic acid groups (broad SMARTS) is 1. The molecule has 1 aromatic heterocycles. The largest absolute Gasteiger partial charge is 0.476 e. The van der Waals surface area contributed by atoms with Crippen molar-refractivity contribution in [3.8, 4) is 0 Å². The van der Waals surface area contributed by atoms with Gasteiger partial charge in [0, 0.05) is 32.7 Å². The molecule has 1 aliphatic heterocycles. The summed E-state index contributed by atoms with van der Waals surface area (Å²) >= 11 is 0. The minimum Gasteiger partial charge on any atom is -0.476 e. The van der Waals surface area contributed by atoms with Crippen LogP contribution in [0.2, 0.25) is 0 Å². The second kappa shape index (κ2) is 5.96. The van der Waals surface area contributed by atoms with Crippen molar-refractivity contribution in [2.75, 3.05) is 13.1 Å². The zero-order chi connectivity index (χ0) is 16.5. The summed E-state index contributed by atoms with van der Waals surface area (Å²) in [6.45, 7) is 7.18. The number of aromatic nitrogens is 2. The standard InChI is InChI=1S/C14H22N4O4/c1-14(2,3)22-13(21)18-7-9(8-18)15-6-10-5-11(12(19)20)16-17(10)4/h5,9,15H,6-8H2,1-4H3,(H,19,20). The number of aromatic carboxylic acids is 1. The van der Waals surface area contributed by atoms with Crippen LogP contribution in [0.15, 0.2) is 6.07 Å². The summed E-state index contributed by atoms with van der Waals surface area (Å²) in [7, 11) is 1.71. The van der Waals surface area contributed by atoms with Gasteiger partial charge < -0.3 is 20.1 Å². The molecule has 2 N–H and O–H groups in total. The summed E-state index contributed by atoms with van der Waals surface area (Å²) in [6, 6.07) is 1.72. The van der Waals surface area contributed by atoms with Gasteiger partial charge in [0.2, 0.25) is 0 Å². The number of rotatable bonds is 4. The van der Waals surface area contributed by atoms with Crippen LogP contribution in [0.4, 0.5) is 4.79 Å². The SMILES string of the molecule is Cn1nc(C(=O)O)cc1CNC1CN(C(=O)OC(C)(C)C)C1. The number of amides is 1. The third kappa shape index (κ3) is 3.97. The molecular weight excluding hydrogens is 288 g/mol. The molecule has 0 spiro atoms. The number of likely N-dealkylation sites (tertiary alicyclic amines) is 1. The molecule has 0 radical (unpaired) electrons. The number of ether oxygens (including phenoxy) is 1. The zero-order valence-electron chi connectivity index (χ0n) is 13.3. The Balaban J connectivity index is 1.77. The van der Waals surface area contributed by atoms with Gasteiger partial charge in [0.1, 0.15) is 5.60 Å². The Kier molecular flexibility index (Phi) is 4.41. The van der Waals surface area contributed by atoms with Crippen molar-refractivity contribution in [3.63, 3.8) is 0 Å². The van der Waals surface area contributed by atoms with Gasteiger partial charge in [0.15, 0.2) is 5.69 Å². The lowest BCUT2D eigenvalue weighted by Gasteiger charge is -2.40. The number of carboxylic acids is 1. The van der Waals surface area contributed by atoms with E-state index in [2.05, 4.69) is 10.4 Å². The van der Waals surface area contributed by atoms with Crippen LogP contribution in [0, 0.1) is 0 Å². The predicted molar refractivity (Wildman–Crippen MR) is 78.6 cm³/mol. The monoisotopic (exact) mass is 310 g/mol. The Morgan fingerprint density at radius 1 is 1.45 bits per heavy atom. The summed E-state index contributed by atoms with van der Waals surface area (Å²) in [4.78, 5) is 24.3. The highest BCUT2D eigenvalue weighted by Crippen LogP contribution is 2.15. The smallest absolute Gasteiger partial charge is 0.410 e. The Bertz CT molecular complexity index is 570. The molecule has 8 heteroatoms. The first-order valence-corrected chi connectivity index (χ1v) is 7.13. The zero-order valence-corrected chi connectivity index (χ0v) is 13.3. The maximum absolute atomic E-state index is 11.8. The van der Waals surface area contributed by atoms with Gasteiger partial charge in [-0.15, -0.1) is 0 Å². The minimum atomic E-state index is -1.04. The van der Waals surface area contributed by atoms with Crippen LogP contribution in [0.25, 0.3) is 0 Å². The maximum Gasteiger partial charge on any atom is 0.410 e. The van der Waals surface area contributed by atoms with Crippen molar-refractivity contribution >= 4 is 12.1 Å². The lowest BCUT2D eigenvalue weighted by molar-refractivity contribution is 0.00511. The first kappa shape index (κ1) is 16.3. The molecule has 2 heterocycles. The van der Waals surface area contributed by atoms with Crippen molar-refractivity contribution in [3.05, 3.63) is 17.5 Å². The number of carbonyl (C=O) groups excluding carboxylic acids is 1. The van der Waals surface area contributed by atoms with Gasteiger partial charge in [-0.3, -0.25) is 4.68 Å². The number of hydrogen-bond acceptors (Lipinski definition) is 5. The number of aryl methyl sites for hydroxylation is 1. The van der Waals surface area contributed by atoms with Gasteiger partial charge in [-0.2, -0.15) is 5.10 Å². The third-order valence-electron chi connectivity index (χ3n) is 3.30. The van der Waals surface area contributed by atoms with E-state index in [0.717, 1.165) is 5.69 Å². The van der Waals surface area contributed by atoms with Crippen LogP contribution in [-0.4, -0.2) is 56.6 Å².